The molecule has 4 atom stereocenters. The van der Waals surface area contributed by atoms with Crippen molar-refractivity contribution in [2.75, 3.05) is 0 Å². The van der Waals surface area contributed by atoms with Crippen molar-refractivity contribution in [2.24, 2.45) is 11.8 Å². The molecule has 23 heavy (non-hydrogen) atoms. The number of para-hydroxylation sites is 1. The number of hydrogen-bond donors (Lipinski definition) is 2. The van der Waals surface area contributed by atoms with Crippen LogP contribution in [0.25, 0.3) is 10.9 Å². The second-order valence-electron chi connectivity index (χ2n) is 8.59. The van der Waals surface area contributed by atoms with Crippen LogP contribution in [0.3, 0.4) is 0 Å². The lowest BCUT2D eigenvalue weighted by atomic mass is 9.51. The largest absolute Gasteiger partial charge is 0.358 e. The molecule has 2 N–H and O–H groups in total. The van der Waals surface area contributed by atoms with E-state index < -0.39 is 0 Å². The van der Waals surface area contributed by atoms with Crippen LogP contribution in [0.1, 0.15) is 44.9 Å². The maximum absolute atomic E-state index is 13.2. The topological polar surface area (TPSA) is 44.9 Å². The zero-order valence-electron chi connectivity index (χ0n) is 14.1. The van der Waals surface area contributed by atoms with E-state index in [1.807, 2.05) is 0 Å². The van der Waals surface area contributed by atoms with E-state index in [-0.39, 0.29) is 28.8 Å². The number of H-pyrrole nitrogens is 1. The molecule has 1 saturated heterocycles. The van der Waals surface area contributed by atoms with Crippen molar-refractivity contribution < 1.29 is 4.79 Å². The Morgan fingerprint density at radius 2 is 1.96 bits per heavy atom. The number of carbonyl (C=O) groups is 1. The number of aromatic amines is 1. The second-order valence-corrected chi connectivity index (χ2v) is 8.59. The summed E-state index contributed by atoms with van der Waals surface area (Å²) in [6, 6.07) is 8.85. The van der Waals surface area contributed by atoms with Gasteiger partial charge in [0.05, 0.1) is 0 Å². The summed E-state index contributed by atoms with van der Waals surface area (Å²) in [5.74, 6) is 0.786. The van der Waals surface area contributed by atoms with E-state index in [4.69, 9.17) is 0 Å². The number of piperidine rings is 1. The number of rotatable bonds is 0. The molecule has 0 radical (unpaired) electrons. The molecule has 1 aromatic carbocycles. The molecule has 0 amide bonds. The molecule has 1 aromatic heterocycles. The summed E-state index contributed by atoms with van der Waals surface area (Å²) in [7, 11) is 0. The SMILES string of the molecule is CC1(C)NC2Cc3c([nH]c4ccccc34)C3(C)CCC1C(=O)C23. The molecule has 3 nitrogen and oxygen atoms in total. The standard InChI is InChI=1S/C20H24N2O/c1-19(2)13-8-9-20(3)16(17(13)23)15(22-19)10-12-11-6-4-5-7-14(11)21-18(12)20/h4-7,13,15-16,21-22H,8-10H2,1-3H3. The van der Waals surface area contributed by atoms with Gasteiger partial charge in [-0.2, -0.15) is 0 Å². The van der Waals surface area contributed by atoms with Gasteiger partial charge in [0.15, 0.2) is 0 Å². The Morgan fingerprint density at radius 1 is 1.17 bits per heavy atom. The van der Waals surface area contributed by atoms with Gasteiger partial charge in [0.2, 0.25) is 0 Å². The molecule has 3 heteroatoms. The highest BCUT2D eigenvalue weighted by molar-refractivity contribution is 5.92. The predicted octanol–water partition coefficient (Wildman–Crippen LogP) is 3.33. The summed E-state index contributed by atoms with van der Waals surface area (Å²) in [5, 5.41) is 5.18. The third-order valence-electron chi connectivity index (χ3n) is 6.93. The van der Waals surface area contributed by atoms with Gasteiger partial charge < -0.3 is 10.3 Å². The highest BCUT2D eigenvalue weighted by atomic mass is 16.1. The van der Waals surface area contributed by atoms with Crippen molar-refractivity contribution in [3.05, 3.63) is 35.5 Å². The Morgan fingerprint density at radius 3 is 2.78 bits per heavy atom. The fourth-order valence-electron chi connectivity index (χ4n) is 5.86. The molecule has 4 unspecified atom stereocenters. The number of benzene rings is 1. The minimum absolute atomic E-state index is 0.0473. The van der Waals surface area contributed by atoms with Gasteiger partial charge in [-0.3, -0.25) is 4.79 Å². The third-order valence-corrected chi connectivity index (χ3v) is 6.93. The molecule has 2 heterocycles. The van der Waals surface area contributed by atoms with Crippen LogP contribution >= 0.6 is 0 Å². The van der Waals surface area contributed by atoms with Crippen molar-refractivity contribution in [3.63, 3.8) is 0 Å². The average molecular weight is 308 g/mol. The molecule has 2 bridgehead atoms. The first kappa shape index (κ1) is 13.8. The smallest absolute Gasteiger partial charge is 0.143 e. The minimum atomic E-state index is -0.0802. The first-order valence-corrected chi connectivity index (χ1v) is 8.83. The summed E-state index contributed by atoms with van der Waals surface area (Å²) >= 11 is 0. The van der Waals surface area contributed by atoms with Crippen LogP contribution in [0.15, 0.2) is 24.3 Å². The molecule has 2 aromatic rings. The Kier molecular flexibility index (Phi) is 2.44. The van der Waals surface area contributed by atoms with Gasteiger partial charge in [0.25, 0.3) is 0 Å². The average Bonchev–Trinajstić information content (AvgIpc) is 2.85. The maximum atomic E-state index is 13.2. The first-order chi connectivity index (χ1) is 10.9. The van der Waals surface area contributed by atoms with Crippen molar-refractivity contribution in [1.29, 1.82) is 0 Å². The molecule has 0 spiro atoms. The predicted molar refractivity (Wildman–Crippen MR) is 91.6 cm³/mol. The quantitative estimate of drug-likeness (QED) is 0.784. The summed E-state index contributed by atoms with van der Waals surface area (Å²) in [4.78, 5) is 16.9. The number of fused-ring (bicyclic) bond motifs is 5. The summed E-state index contributed by atoms with van der Waals surface area (Å²) < 4.78 is 0. The molecule has 120 valence electrons. The number of aromatic nitrogens is 1. The van der Waals surface area contributed by atoms with Crippen LogP contribution in [0.5, 0.6) is 0 Å². The zero-order chi connectivity index (χ0) is 16.0. The van der Waals surface area contributed by atoms with E-state index in [1.54, 1.807) is 0 Å². The van der Waals surface area contributed by atoms with Crippen LogP contribution in [-0.2, 0) is 16.6 Å². The maximum Gasteiger partial charge on any atom is 0.143 e. The second kappa shape index (κ2) is 4.07. The number of nitrogens with one attached hydrogen (secondary N) is 2. The highest BCUT2D eigenvalue weighted by Crippen LogP contribution is 2.54. The van der Waals surface area contributed by atoms with E-state index in [9.17, 15) is 4.79 Å². The van der Waals surface area contributed by atoms with Gasteiger partial charge >= 0.3 is 0 Å². The Bertz CT molecular complexity index is 833. The number of hydrogen-bond acceptors (Lipinski definition) is 2. The zero-order valence-corrected chi connectivity index (χ0v) is 14.1. The summed E-state index contributed by atoms with van der Waals surface area (Å²) in [6.07, 6.45) is 3.06. The Balaban J connectivity index is 1.77. The summed E-state index contributed by atoms with van der Waals surface area (Å²) in [6.45, 7) is 6.73. The van der Waals surface area contributed by atoms with E-state index in [2.05, 4.69) is 55.3 Å². The fraction of sp³-hybridized carbons (Fsp3) is 0.550. The summed E-state index contributed by atoms with van der Waals surface area (Å²) in [5.41, 5.74) is 3.85. The molecular formula is C20H24N2O. The number of ketones is 1. The van der Waals surface area contributed by atoms with Crippen LogP contribution in [0.2, 0.25) is 0 Å². The van der Waals surface area contributed by atoms with Crippen molar-refractivity contribution in [2.45, 2.75) is 57.0 Å². The fourth-order valence-corrected chi connectivity index (χ4v) is 5.86. The van der Waals surface area contributed by atoms with Crippen LogP contribution in [-0.4, -0.2) is 22.3 Å². The lowest BCUT2D eigenvalue weighted by molar-refractivity contribution is -0.143. The van der Waals surface area contributed by atoms with E-state index >= 15 is 0 Å². The van der Waals surface area contributed by atoms with Gasteiger partial charge in [-0.05, 0) is 44.7 Å². The third kappa shape index (κ3) is 1.56. The van der Waals surface area contributed by atoms with Gasteiger partial charge in [0.1, 0.15) is 5.78 Å². The Hall–Kier alpha value is -1.61. The molecule has 5 rings (SSSR count). The molecule has 2 fully saturated rings. The molecule has 3 aliphatic rings. The van der Waals surface area contributed by atoms with Crippen LogP contribution in [0.4, 0.5) is 0 Å². The molecular weight excluding hydrogens is 284 g/mol. The minimum Gasteiger partial charge on any atom is -0.358 e. The van der Waals surface area contributed by atoms with E-state index in [0.717, 1.165) is 19.3 Å². The molecule has 2 aliphatic carbocycles. The number of Topliss-reactive ketones (excluding diaryl/α,β-unsaturated/α-hetero) is 1. The highest BCUT2D eigenvalue weighted by Gasteiger charge is 2.60. The lowest BCUT2D eigenvalue weighted by Gasteiger charge is -2.58. The van der Waals surface area contributed by atoms with Gasteiger partial charge in [-0.15, -0.1) is 0 Å². The van der Waals surface area contributed by atoms with Gasteiger partial charge in [-0.25, -0.2) is 0 Å². The van der Waals surface area contributed by atoms with Gasteiger partial charge in [0, 0.05) is 45.4 Å². The Labute approximate surface area is 136 Å². The number of carbonyl (C=O) groups excluding carboxylic acids is 1. The van der Waals surface area contributed by atoms with Crippen LogP contribution in [0, 0.1) is 11.8 Å². The first-order valence-electron chi connectivity index (χ1n) is 8.83. The van der Waals surface area contributed by atoms with Crippen molar-refractivity contribution in [1.82, 2.24) is 10.3 Å². The van der Waals surface area contributed by atoms with E-state index in [0.29, 0.717) is 5.78 Å². The lowest BCUT2D eigenvalue weighted by Crippen LogP contribution is -2.70. The van der Waals surface area contributed by atoms with E-state index in [1.165, 1.54) is 22.2 Å². The molecule has 1 saturated carbocycles. The van der Waals surface area contributed by atoms with Crippen molar-refractivity contribution in [3.8, 4) is 0 Å². The van der Waals surface area contributed by atoms with Gasteiger partial charge in [-0.1, -0.05) is 25.1 Å². The van der Waals surface area contributed by atoms with Crippen molar-refractivity contribution >= 4 is 16.7 Å². The normalized spacial score (nSPS) is 37.7. The van der Waals surface area contributed by atoms with Crippen LogP contribution < -0.4 is 5.32 Å². The molecule has 1 aliphatic heterocycles. The monoisotopic (exact) mass is 308 g/mol.